The minimum absolute atomic E-state index is 0.125. The molecule has 2 rings (SSSR count). The maximum absolute atomic E-state index is 12.1. The van der Waals surface area contributed by atoms with E-state index in [1.165, 1.54) is 0 Å². The Morgan fingerprint density at radius 2 is 1.81 bits per heavy atom. The lowest BCUT2D eigenvalue weighted by molar-refractivity contribution is -0.115. The third-order valence-electron chi connectivity index (χ3n) is 3.24. The van der Waals surface area contributed by atoms with Gasteiger partial charge >= 0.3 is 0 Å². The van der Waals surface area contributed by atoms with E-state index in [-0.39, 0.29) is 12.3 Å². The van der Waals surface area contributed by atoms with Gasteiger partial charge in [-0.1, -0.05) is 35.3 Å². The van der Waals surface area contributed by atoms with Crippen molar-refractivity contribution in [2.24, 2.45) is 0 Å². The van der Waals surface area contributed by atoms with E-state index in [0.29, 0.717) is 15.7 Å². The number of carbonyl (C=O) groups excluding carboxylic acids is 1. The van der Waals surface area contributed by atoms with Crippen LogP contribution in [0.4, 0.5) is 11.4 Å². The van der Waals surface area contributed by atoms with Crippen molar-refractivity contribution >= 4 is 40.5 Å². The summed E-state index contributed by atoms with van der Waals surface area (Å²) in [4.78, 5) is 12.1. The van der Waals surface area contributed by atoms with Gasteiger partial charge in [-0.25, -0.2) is 0 Å². The molecule has 110 valence electrons. The lowest BCUT2D eigenvalue weighted by Crippen LogP contribution is -2.15. The van der Waals surface area contributed by atoms with Gasteiger partial charge in [0, 0.05) is 11.4 Å². The van der Waals surface area contributed by atoms with E-state index in [9.17, 15) is 4.79 Å². The Morgan fingerprint density at radius 3 is 2.48 bits per heavy atom. The van der Waals surface area contributed by atoms with Crippen LogP contribution in [0.2, 0.25) is 10.0 Å². The number of amides is 1. The SMILES string of the molecule is Cc1cc(C)c(NC(=O)Cc2ccc(Cl)c(Cl)c2)cc1N. The summed E-state index contributed by atoms with van der Waals surface area (Å²) < 4.78 is 0. The second kappa shape index (κ2) is 6.37. The van der Waals surface area contributed by atoms with Crippen LogP contribution in [0.3, 0.4) is 0 Å². The average molecular weight is 323 g/mol. The lowest BCUT2D eigenvalue weighted by Gasteiger charge is -2.11. The van der Waals surface area contributed by atoms with Gasteiger partial charge in [-0.3, -0.25) is 4.79 Å². The van der Waals surface area contributed by atoms with Crippen molar-refractivity contribution in [3.63, 3.8) is 0 Å². The molecule has 5 heteroatoms. The highest BCUT2D eigenvalue weighted by Gasteiger charge is 2.09. The molecule has 3 N–H and O–H groups in total. The van der Waals surface area contributed by atoms with E-state index in [2.05, 4.69) is 5.32 Å². The molecular weight excluding hydrogens is 307 g/mol. The van der Waals surface area contributed by atoms with Crippen LogP contribution in [0.25, 0.3) is 0 Å². The van der Waals surface area contributed by atoms with Crippen LogP contribution in [-0.4, -0.2) is 5.91 Å². The minimum Gasteiger partial charge on any atom is -0.398 e. The molecule has 0 saturated heterocycles. The normalized spacial score (nSPS) is 10.5. The Bertz CT molecular complexity index is 699. The van der Waals surface area contributed by atoms with Gasteiger partial charge in [-0.05, 0) is 48.7 Å². The molecule has 0 aliphatic rings. The predicted molar refractivity (Wildman–Crippen MR) is 89.1 cm³/mol. The van der Waals surface area contributed by atoms with Gasteiger partial charge in [0.1, 0.15) is 0 Å². The van der Waals surface area contributed by atoms with E-state index in [1.54, 1.807) is 24.3 Å². The maximum Gasteiger partial charge on any atom is 0.228 e. The molecule has 0 heterocycles. The number of rotatable bonds is 3. The number of anilines is 2. The molecule has 0 bridgehead atoms. The van der Waals surface area contributed by atoms with Crippen LogP contribution >= 0.6 is 23.2 Å². The summed E-state index contributed by atoms with van der Waals surface area (Å²) in [5.74, 6) is -0.125. The standard InChI is InChI=1S/C16H16Cl2N2O/c1-9-5-10(2)15(8-14(9)19)20-16(21)7-11-3-4-12(17)13(18)6-11/h3-6,8H,7,19H2,1-2H3,(H,20,21). The average Bonchev–Trinajstić information content (AvgIpc) is 2.40. The number of halogens is 2. The predicted octanol–water partition coefficient (Wildman–Crippen LogP) is 4.37. The first kappa shape index (κ1) is 15.7. The van der Waals surface area contributed by atoms with Crippen molar-refractivity contribution in [2.45, 2.75) is 20.3 Å². The molecule has 0 atom stereocenters. The van der Waals surface area contributed by atoms with Gasteiger partial charge in [-0.15, -0.1) is 0 Å². The summed E-state index contributed by atoms with van der Waals surface area (Å²) in [6.07, 6.45) is 0.226. The number of hydrogen-bond acceptors (Lipinski definition) is 2. The zero-order valence-corrected chi connectivity index (χ0v) is 13.3. The molecule has 3 nitrogen and oxygen atoms in total. The third kappa shape index (κ3) is 3.90. The molecule has 0 aromatic heterocycles. The molecule has 0 aliphatic carbocycles. The Kier molecular flexibility index (Phi) is 4.76. The number of aryl methyl sites for hydroxylation is 2. The van der Waals surface area contributed by atoms with Crippen molar-refractivity contribution in [2.75, 3.05) is 11.1 Å². The maximum atomic E-state index is 12.1. The lowest BCUT2D eigenvalue weighted by atomic mass is 10.1. The summed E-state index contributed by atoms with van der Waals surface area (Å²) in [5.41, 5.74) is 10.0. The van der Waals surface area contributed by atoms with E-state index >= 15 is 0 Å². The second-order valence-corrected chi connectivity index (χ2v) is 5.81. The first-order chi connectivity index (χ1) is 9.86. The topological polar surface area (TPSA) is 55.1 Å². The molecule has 2 aromatic rings. The van der Waals surface area contributed by atoms with E-state index in [1.807, 2.05) is 19.9 Å². The van der Waals surface area contributed by atoms with Crippen LogP contribution < -0.4 is 11.1 Å². The minimum atomic E-state index is -0.125. The van der Waals surface area contributed by atoms with Crippen LogP contribution in [0.5, 0.6) is 0 Å². The van der Waals surface area contributed by atoms with E-state index in [0.717, 1.165) is 22.4 Å². The van der Waals surface area contributed by atoms with Crippen LogP contribution in [0.15, 0.2) is 30.3 Å². The molecule has 0 radical (unpaired) electrons. The highest BCUT2D eigenvalue weighted by molar-refractivity contribution is 6.42. The Hall–Kier alpha value is -1.71. The zero-order chi connectivity index (χ0) is 15.6. The van der Waals surface area contributed by atoms with E-state index in [4.69, 9.17) is 28.9 Å². The van der Waals surface area contributed by atoms with Crippen molar-refractivity contribution in [3.8, 4) is 0 Å². The Labute approximate surface area is 134 Å². The molecule has 0 aliphatic heterocycles. The van der Waals surface area contributed by atoms with Crippen LogP contribution in [-0.2, 0) is 11.2 Å². The molecule has 21 heavy (non-hydrogen) atoms. The molecule has 0 saturated carbocycles. The highest BCUT2D eigenvalue weighted by Crippen LogP contribution is 2.24. The molecule has 0 spiro atoms. The Balaban J connectivity index is 2.11. The Morgan fingerprint density at radius 1 is 1.10 bits per heavy atom. The van der Waals surface area contributed by atoms with Gasteiger partial charge in [0.2, 0.25) is 5.91 Å². The van der Waals surface area contributed by atoms with Gasteiger partial charge < -0.3 is 11.1 Å². The summed E-state index contributed by atoms with van der Waals surface area (Å²) in [6, 6.07) is 8.88. The number of nitrogens with one attached hydrogen (secondary N) is 1. The number of nitrogens with two attached hydrogens (primary N) is 1. The first-order valence-electron chi connectivity index (χ1n) is 6.47. The van der Waals surface area contributed by atoms with Crippen LogP contribution in [0.1, 0.15) is 16.7 Å². The first-order valence-corrected chi connectivity index (χ1v) is 7.23. The fourth-order valence-electron chi connectivity index (χ4n) is 2.03. The van der Waals surface area contributed by atoms with Gasteiger partial charge in [-0.2, -0.15) is 0 Å². The highest BCUT2D eigenvalue weighted by atomic mass is 35.5. The molecule has 0 fully saturated rings. The van der Waals surface area contributed by atoms with Crippen molar-refractivity contribution in [1.82, 2.24) is 0 Å². The summed E-state index contributed by atoms with van der Waals surface area (Å²) in [7, 11) is 0. The quantitative estimate of drug-likeness (QED) is 0.824. The van der Waals surface area contributed by atoms with Crippen LogP contribution in [0, 0.1) is 13.8 Å². The third-order valence-corrected chi connectivity index (χ3v) is 3.97. The largest absolute Gasteiger partial charge is 0.398 e. The van der Waals surface area contributed by atoms with Gasteiger partial charge in [0.25, 0.3) is 0 Å². The summed E-state index contributed by atoms with van der Waals surface area (Å²) in [5, 5.41) is 3.78. The number of nitrogen functional groups attached to an aromatic ring is 1. The second-order valence-electron chi connectivity index (χ2n) is 5.00. The number of carbonyl (C=O) groups is 1. The van der Waals surface area contributed by atoms with Crippen molar-refractivity contribution in [1.29, 1.82) is 0 Å². The monoisotopic (exact) mass is 322 g/mol. The molecule has 0 unspecified atom stereocenters. The zero-order valence-electron chi connectivity index (χ0n) is 11.8. The summed E-state index contributed by atoms with van der Waals surface area (Å²) >= 11 is 11.8. The van der Waals surface area contributed by atoms with Gasteiger partial charge in [0.15, 0.2) is 0 Å². The van der Waals surface area contributed by atoms with Crippen molar-refractivity contribution in [3.05, 3.63) is 57.1 Å². The van der Waals surface area contributed by atoms with Gasteiger partial charge in [0.05, 0.1) is 16.5 Å². The number of hydrogen-bond donors (Lipinski definition) is 2. The smallest absolute Gasteiger partial charge is 0.228 e. The van der Waals surface area contributed by atoms with Crippen molar-refractivity contribution < 1.29 is 4.79 Å². The summed E-state index contributed by atoms with van der Waals surface area (Å²) in [6.45, 7) is 3.87. The van der Waals surface area contributed by atoms with E-state index < -0.39 is 0 Å². The fourth-order valence-corrected chi connectivity index (χ4v) is 2.35. The molecule has 2 aromatic carbocycles. The molecular formula is C16H16Cl2N2O. The molecule has 1 amide bonds. The fraction of sp³-hybridized carbons (Fsp3) is 0.188. The number of benzene rings is 2.